The fourth-order valence-electron chi connectivity index (χ4n) is 4.88. The summed E-state index contributed by atoms with van der Waals surface area (Å²) in [5.41, 5.74) is 7.36. The van der Waals surface area contributed by atoms with Crippen LogP contribution in [0.4, 0.5) is 26.3 Å². The average molecular weight is 704 g/mol. The summed E-state index contributed by atoms with van der Waals surface area (Å²) in [5, 5.41) is 28.3. The first-order chi connectivity index (χ1) is 22.4. The van der Waals surface area contributed by atoms with Crippen LogP contribution < -0.4 is 0 Å². The number of aliphatic carboxylic acids is 2. The molecule has 4 aromatic heterocycles. The van der Waals surface area contributed by atoms with Crippen LogP contribution >= 0.6 is 11.6 Å². The van der Waals surface area contributed by atoms with E-state index >= 15 is 0 Å². The van der Waals surface area contributed by atoms with Crippen LogP contribution in [0.3, 0.4) is 0 Å². The van der Waals surface area contributed by atoms with E-state index in [1.165, 1.54) is 5.56 Å². The van der Waals surface area contributed by atoms with Crippen LogP contribution in [-0.4, -0.2) is 94.7 Å². The van der Waals surface area contributed by atoms with E-state index < -0.39 is 24.3 Å². The molecule has 258 valence electrons. The van der Waals surface area contributed by atoms with Gasteiger partial charge >= 0.3 is 24.3 Å². The topological polar surface area (TPSA) is 140 Å². The maximum atomic E-state index is 10.6. The number of halogens is 7. The van der Waals surface area contributed by atoms with Crippen LogP contribution in [0.1, 0.15) is 17.0 Å². The zero-order valence-corrected chi connectivity index (χ0v) is 26.0. The summed E-state index contributed by atoms with van der Waals surface area (Å²) in [6, 6.07) is 14.7. The first kappa shape index (κ1) is 36.2. The van der Waals surface area contributed by atoms with Gasteiger partial charge in [0.2, 0.25) is 0 Å². The van der Waals surface area contributed by atoms with Gasteiger partial charge < -0.3 is 19.5 Å². The molecule has 1 aliphatic heterocycles. The molecular weight excluding hydrogens is 676 g/mol. The molecule has 1 saturated heterocycles. The lowest BCUT2D eigenvalue weighted by Crippen LogP contribution is -2.35. The zero-order valence-electron chi connectivity index (χ0n) is 25.3. The Kier molecular flexibility index (Phi) is 11.0. The van der Waals surface area contributed by atoms with Crippen molar-refractivity contribution in [3.63, 3.8) is 0 Å². The number of nitrogens with zero attached hydrogens (tertiary/aromatic N) is 7. The molecule has 0 atom stereocenters. The third-order valence-electron chi connectivity index (χ3n) is 6.93. The van der Waals surface area contributed by atoms with Gasteiger partial charge in [0.25, 0.3) is 0 Å². The van der Waals surface area contributed by atoms with E-state index in [1.807, 2.05) is 37.0 Å². The highest BCUT2D eigenvalue weighted by molar-refractivity contribution is 6.30. The number of fused-ring (bicyclic) bond motifs is 3. The molecular formula is C29H28ClF6N7O5. The van der Waals surface area contributed by atoms with Crippen molar-refractivity contribution >= 4 is 40.2 Å². The van der Waals surface area contributed by atoms with E-state index in [1.54, 1.807) is 0 Å². The van der Waals surface area contributed by atoms with Crippen LogP contribution in [0, 0.1) is 6.92 Å². The summed E-state index contributed by atoms with van der Waals surface area (Å²) in [5.74, 6) is -4.65. The Morgan fingerprint density at radius 3 is 2.00 bits per heavy atom. The number of pyridine rings is 1. The predicted molar refractivity (Wildman–Crippen MR) is 159 cm³/mol. The number of hydrogen-bond donors (Lipinski definition) is 2. The Balaban J connectivity index is 0.000000314. The van der Waals surface area contributed by atoms with Gasteiger partial charge in [0, 0.05) is 44.4 Å². The lowest BCUT2D eigenvalue weighted by Gasteiger charge is -2.26. The summed E-state index contributed by atoms with van der Waals surface area (Å²) in [6.45, 7) is 6.99. The first-order valence-electron chi connectivity index (χ1n) is 14.0. The Morgan fingerprint density at radius 1 is 0.875 bits per heavy atom. The molecule has 12 nitrogen and oxygen atoms in total. The minimum Gasteiger partial charge on any atom is -0.475 e. The van der Waals surface area contributed by atoms with E-state index in [0.717, 1.165) is 77.3 Å². The maximum absolute atomic E-state index is 10.6. The molecule has 0 aliphatic carbocycles. The maximum Gasteiger partial charge on any atom is 0.490 e. The number of alkyl halides is 6. The third-order valence-corrected chi connectivity index (χ3v) is 7.15. The molecule has 1 fully saturated rings. The lowest BCUT2D eigenvalue weighted by atomic mass is 10.1. The third kappa shape index (κ3) is 9.02. The van der Waals surface area contributed by atoms with E-state index in [2.05, 4.69) is 54.4 Å². The molecule has 6 rings (SSSR count). The molecule has 19 heteroatoms. The van der Waals surface area contributed by atoms with Gasteiger partial charge in [-0.3, -0.25) is 14.0 Å². The highest BCUT2D eigenvalue weighted by Gasteiger charge is 2.38. The summed E-state index contributed by atoms with van der Waals surface area (Å²) < 4.78 is 75.2. The van der Waals surface area contributed by atoms with Crippen molar-refractivity contribution in [2.75, 3.05) is 26.3 Å². The summed E-state index contributed by atoms with van der Waals surface area (Å²) in [4.78, 5) is 20.2. The molecule has 5 aromatic rings. The van der Waals surface area contributed by atoms with Crippen LogP contribution in [0.25, 0.3) is 28.1 Å². The molecule has 0 radical (unpaired) electrons. The number of morpholine rings is 1. The van der Waals surface area contributed by atoms with Gasteiger partial charge in [0.1, 0.15) is 11.5 Å². The number of ether oxygens (including phenoxy) is 1. The lowest BCUT2D eigenvalue weighted by molar-refractivity contribution is -0.193. The number of rotatable bonds is 5. The normalized spacial score (nSPS) is 13.9. The minimum atomic E-state index is -5.08. The second kappa shape index (κ2) is 14.6. The minimum absolute atomic E-state index is 0.679. The smallest absolute Gasteiger partial charge is 0.475 e. The second-order valence-electron chi connectivity index (χ2n) is 10.5. The molecule has 0 amide bonds. The van der Waals surface area contributed by atoms with Crippen molar-refractivity contribution in [2.24, 2.45) is 7.05 Å². The fourth-order valence-corrected chi connectivity index (χ4v) is 5.16. The van der Waals surface area contributed by atoms with Gasteiger partial charge in [0.05, 0.1) is 29.9 Å². The summed E-state index contributed by atoms with van der Waals surface area (Å²) in [7, 11) is 1.94. The Bertz CT molecular complexity index is 1890. The monoisotopic (exact) mass is 703 g/mol. The van der Waals surface area contributed by atoms with Crippen molar-refractivity contribution in [1.29, 1.82) is 0 Å². The number of aryl methyl sites for hydroxylation is 2. The molecule has 48 heavy (non-hydrogen) atoms. The van der Waals surface area contributed by atoms with E-state index in [4.69, 9.17) is 41.2 Å². The standard InChI is InChI=1S/C25H26ClN7O.2C2HF3O2/c1-17-27-28-25-4-3-22-24(33(17)25)14-23(21-5-6-30(2)29-21)32(22)16-19-11-18(12-20(26)13-19)15-31-7-9-34-10-8-31;2*3-2(4,5)1(6)7/h3-6,11-14H,7-10,15-16H2,1-2H3;2*(H,6,7). The Hall–Kier alpha value is -4.68. The first-order valence-corrected chi connectivity index (χ1v) is 14.3. The number of benzene rings is 1. The van der Waals surface area contributed by atoms with Crippen LogP contribution in [-0.2, 0) is 34.5 Å². The molecule has 1 aromatic carbocycles. The van der Waals surface area contributed by atoms with Gasteiger partial charge in [-0.1, -0.05) is 17.7 Å². The van der Waals surface area contributed by atoms with Gasteiger partial charge in [0.15, 0.2) is 5.65 Å². The van der Waals surface area contributed by atoms with Crippen LogP contribution in [0.2, 0.25) is 5.02 Å². The molecule has 0 bridgehead atoms. The van der Waals surface area contributed by atoms with Crippen molar-refractivity contribution in [3.05, 3.63) is 70.6 Å². The van der Waals surface area contributed by atoms with Crippen LogP contribution in [0.5, 0.6) is 0 Å². The molecule has 0 unspecified atom stereocenters. The van der Waals surface area contributed by atoms with Gasteiger partial charge in [-0.05, 0) is 54.4 Å². The molecule has 5 heterocycles. The highest BCUT2D eigenvalue weighted by Crippen LogP contribution is 2.30. The number of aromatic nitrogens is 6. The highest BCUT2D eigenvalue weighted by atomic mass is 35.5. The number of carbonyl (C=O) groups is 2. The van der Waals surface area contributed by atoms with Gasteiger partial charge in [-0.2, -0.15) is 31.4 Å². The molecule has 0 spiro atoms. The summed E-state index contributed by atoms with van der Waals surface area (Å²) >= 11 is 6.58. The number of hydrogen-bond acceptors (Lipinski definition) is 7. The summed E-state index contributed by atoms with van der Waals surface area (Å²) in [6.07, 6.45) is -8.20. The number of carboxylic acids is 2. The van der Waals surface area contributed by atoms with Gasteiger partial charge in [-0.25, -0.2) is 9.59 Å². The van der Waals surface area contributed by atoms with Crippen molar-refractivity contribution in [1.82, 2.24) is 33.8 Å². The Labute approximate surface area is 272 Å². The SMILES string of the molecule is Cc1nnc2ccc3c(cc(-c4ccn(C)n4)n3Cc3cc(Cl)cc(CN4CCOCC4)c3)n12.O=C(O)C(F)(F)F.O=C(O)C(F)(F)F. The van der Waals surface area contributed by atoms with Gasteiger partial charge in [-0.15, -0.1) is 10.2 Å². The predicted octanol–water partition coefficient (Wildman–Crippen LogP) is 5.19. The van der Waals surface area contributed by atoms with Crippen molar-refractivity contribution in [2.45, 2.75) is 32.4 Å². The van der Waals surface area contributed by atoms with E-state index in [-0.39, 0.29) is 0 Å². The largest absolute Gasteiger partial charge is 0.490 e. The van der Waals surface area contributed by atoms with Crippen molar-refractivity contribution in [3.8, 4) is 11.4 Å². The number of carboxylic acid groups (broad SMARTS) is 2. The zero-order chi connectivity index (χ0) is 35.4. The van der Waals surface area contributed by atoms with E-state index in [0.29, 0.717) is 6.54 Å². The van der Waals surface area contributed by atoms with Crippen LogP contribution in [0.15, 0.2) is 48.7 Å². The molecule has 2 N–H and O–H groups in total. The quantitative estimate of drug-likeness (QED) is 0.237. The Morgan fingerprint density at radius 2 is 1.46 bits per heavy atom. The fraction of sp³-hybridized carbons (Fsp3) is 0.345. The average Bonchev–Trinajstić information content (AvgIpc) is 3.69. The second-order valence-corrected chi connectivity index (χ2v) is 10.9. The van der Waals surface area contributed by atoms with E-state index in [9.17, 15) is 26.3 Å². The molecule has 0 saturated carbocycles. The molecule has 1 aliphatic rings. The van der Waals surface area contributed by atoms with Crippen molar-refractivity contribution < 1.29 is 50.9 Å².